The number of carbonyl (C=O) groups excluding carboxylic acids is 2. The summed E-state index contributed by atoms with van der Waals surface area (Å²) in [6.07, 6.45) is 0. The number of amides is 2. The monoisotopic (exact) mass is 567 g/mol. The van der Waals surface area contributed by atoms with E-state index >= 15 is 0 Å². The molecule has 3 aromatic carbocycles. The Morgan fingerprint density at radius 2 is 1.49 bits per heavy atom. The second-order valence-electron chi connectivity index (χ2n) is 10.4. The number of rotatable bonds is 10. The number of nitrogens with one attached hydrogen (secondary N) is 1. The number of nitrogens with zero attached hydrogens (tertiary/aromatic N) is 4. The second kappa shape index (κ2) is 13.5. The van der Waals surface area contributed by atoms with Gasteiger partial charge in [-0.05, 0) is 74.7 Å². The van der Waals surface area contributed by atoms with Gasteiger partial charge in [0, 0.05) is 43.4 Å². The largest absolute Gasteiger partial charge is 0.378 e. The van der Waals surface area contributed by atoms with Gasteiger partial charge in [0.2, 0.25) is 5.91 Å². The number of aromatic nitrogens is 2. The fraction of sp³-hybridized carbons (Fsp3) is 0.273. The molecule has 0 spiro atoms. The van der Waals surface area contributed by atoms with Crippen LogP contribution in [0.1, 0.15) is 39.7 Å². The maximum absolute atomic E-state index is 14.1. The Kier molecular flexibility index (Phi) is 9.78. The van der Waals surface area contributed by atoms with Gasteiger partial charge in [-0.3, -0.25) is 9.59 Å². The van der Waals surface area contributed by atoms with Crippen molar-refractivity contribution in [3.05, 3.63) is 113 Å². The average molecular weight is 568 g/mol. The summed E-state index contributed by atoms with van der Waals surface area (Å²) in [6, 6.07) is 24.4. The lowest BCUT2D eigenvalue weighted by Crippen LogP contribution is -2.42. The highest BCUT2D eigenvalue weighted by Crippen LogP contribution is 2.28. The molecule has 4 rings (SSSR count). The number of hydrogen-bond acceptors (Lipinski definition) is 6. The van der Waals surface area contributed by atoms with Crippen LogP contribution >= 0.6 is 11.8 Å². The third kappa shape index (κ3) is 7.95. The molecule has 1 aromatic heterocycles. The Labute approximate surface area is 247 Å². The zero-order valence-corrected chi connectivity index (χ0v) is 25.3. The van der Waals surface area contributed by atoms with Gasteiger partial charge in [-0.15, -0.1) is 0 Å². The van der Waals surface area contributed by atoms with Gasteiger partial charge in [-0.2, -0.15) is 0 Å². The van der Waals surface area contributed by atoms with Crippen LogP contribution in [-0.4, -0.2) is 46.5 Å². The van der Waals surface area contributed by atoms with Crippen molar-refractivity contribution in [3.8, 4) is 0 Å². The average Bonchev–Trinajstić information content (AvgIpc) is 2.93. The summed E-state index contributed by atoms with van der Waals surface area (Å²) in [5, 5.41) is 3.61. The zero-order chi connectivity index (χ0) is 29.5. The quantitative estimate of drug-likeness (QED) is 0.180. The maximum atomic E-state index is 14.1. The zero-order valence-electron chi connectivity index (χ0n) is 24.5. The number of carbonyl (C=O) groups is 2. The fourth-order valence-corrected chi connectivity index (χ4v) is 5.37. The predicted octanol–water partition coefficient (Wildman–Crippen LogP) is 6.28. The molecule has 1 atom stereocenters. The minimum Gasteiger partial charge on any atom is -0.378 e. The molecule has 0 saturated heterocycles. The first-order valence-corrected chi connectivity index (χ1v) is 14.5. The highest BCUT2D eigenvalue weighted by molar-refractivity contribution is 7.99. The molecule has 2 amide bonds. The van der Waals surface area contributed by atoms with Crippen molar-refractivity contribution >= 4 is 35.0 Å². The van der Waals surface area contributed by atoms with E-state index in [2.05, 4.69) is 15.3 Å². The second-order valence-corrected chi connectivity index (χ2v) is 11.4. The molecule has 0 aliphatic rings. The van der Waals surface area contributed by atoms with Crippen molar-refractivity contribution in [3.63, 3.8) is 0 Å². The Balaban J connectivity index is 1.70. The summed E-state index contributed by atoms with van der Waals surface area (Å²) < 4.78 is 0. The molecular formula is C33H37N5O2S. The molecule has 1 unspecified atom stereocenters. The molecule has 0 radical (unpaired) electrons. The van der Waals surface area contributed by atoms with Gasteiger partial charge in [-0.25, -0.2) is 9.97 Å². The predicted molar refractivity (Wildman–Crippen MR) is 167 cm³/mol. The van der Waals surface area contributed by atoms with E-state index in [1.54, 1.807) is 4.90 Å². The van der Waals surface area contributed by atoms with Crippen molar-refractivity contribution in [1.29, 1.82) is 0 Å². The Bertz CT molecular complexity index is 1480. The summed E-state index contributed by atoms with van der Waals surface area (Å²) in [7, 11) is 3.94. The van der Waals surface area contributed by atoms with Crippen LogP contribution in [0.15, 0.2) is 84.0 Å². The van der Waals surface area contributed by atoms with Crippen molar-refractivity contribution < 1.29 is 9.59 Å². The lowest BCUT2D eigenvalue weighted by molar-refractivity contribution is -0.137. The third-order valence-corrected chi connectivity index (χ3v) is 7.65. The topological polar surface area (TPSA) is 78.4 Å². The van der Waals surface area contributed by atoms with E-state index in [-0.39, 0.29) is 24.1 Å². The molecule has 212 valence electrons. The lowest BCUT2D eigenvalue weighted by atomic mass is 10.0. The van der Waals surface area contributed by atoms with Gasteiger partial charge in [0.25, 0.3) is 5.91 Å². The van der Waals surface area contributed by atoms with Gasteiger partial charge >= 0.3 is 0 Å². The Morgan fingerprint density at radius 1 is 0.854 bits per heavy atom. The van der Waals surface area contributed by atoms with Crippen LogP contribution in [0.2, 0.25) is 0 Å². The SMILES string of the molecule is Cc1ccc(C(C(=O)Nc2ccc(N(C)C)cc2)N(Cc2ccccc2C)C(=O)CSc2nc(C)cc(C)n2)cc1. The number of anilines is 2. The first kappa shape index (κ1) is 29.8. The van der Waals surface area contributed by atoms with Crippen LogP contribution in [0.5, 0.6) is 0 Å². The van der Waals surface area contributed by atoms with Crippen LogP contribution in [0.25, 0.3) is 0 Å². The summed E-state index contributed by atoms with van der Waals surface area (Å²) in [5.41, 5.74) is 7.24. The highest BCUT2D eigenvalue weighted by atomic mass is 32.2. The summed E-state index contributed by atoms with van der Waals surface area (Å²) >= 11 is 1.29. The first-order chi connectivity index (χ1) is 19.6. The van der Waals surface area contributed by atoms with E-state index < -0.39 is 6.04 Å². The van der Waals surface area contributed by atoms with Crippen LogP contribution in [0, 0.1) is 27.7 Å². The molecule has 0 aliphatic carbocycles. The first-order valence-electron chi connectivity index (χ1n) is 13.5. The van der Waals surface area contributed by atoms with E-state index in [0.717, 1.165) is 39.3 Å². The molecule has 1 heterocycles. The van der Waals surface area contributed by atoms with Gasteiger partial charge in [0.15, 0.2) is 5.16 Å². The molecular weight excluding hydrogens is 530 g/mol. The minimum atomic E-state index is -0.850. The Morgan fingerprint density at radius 3 is 2.10 bits per heavy atom. The van der Waals surface area contributed by atoms with Crippen molar-refractivity contribution in [2.75, 3.05) is 30.1 Å². The minimum absolute atomic E-state index is 0.0992. The van der Waals surface area contributed by atoms with Gasteiger partial charge in [-0.1, -0.05) is 65.9 Å². The normalized spacial score (nSPS) is 11.6. The fourth-order valence-electron chi connectivity index (χ4n) is 4.54. The number of hydrogen-bond donors (Lipinski definition) is 1. The van der Waals surface area contributed by atoms with Crippen LogP contribution in [0.3, 0.4) is 0 Å². The molecule has 8 heteroatoms. The van der Waals surface area contributed by atoms with E-state index in [1.165, 1.54) is 11.8 Å². The van der Waals surface area contributed by atoms with E-state index in [4.69, 9.17) is 0 Å². The maximum Gasteiger partial charge on any atom is 0.251 e. The molecule has 0 fully saturated rings. The highest BCUT2D eigenvalue weighted by Gasteiger charge is 2.32. The third-order valence-electron chi connectivity index (χ3n) is 6.81. The van der Waals surface area contributed by atoms with Crippen LogP contribution in [0.4, 0.5) is 11.4 Å². The van der Waals surface area contributed by atoms with Crippen molar-refractivity contribution in [1.82, 2.24) is 14.9 Å². The Hall–Kier alpha value is -4.17. The summed E-state index contributed by atoms with van der Waals surface area (Å²) in [4.78, 5) is 40.7. The molecule has 0 aliphatic heterocycles. The van der Waals surface area contributed by atoms with Crippen molar-refractivity contribution in [2.24, 2.45) is 0 Å². The smallest absolute Gasteiger partial charge is 0.251 e. The molecule has 7 nitrogen and oxygen atoms in total. The van der Waals surface area contributed by atoms with Gasteiger partial charge in [0.1, 0.15) is 6.04 Å². The molecule has 41 heavy (non-hydrogen) atoms. The van der Waals surface area contributed by atoms with E-state index in [1.807, 2.05) is 126 Å². The molecule has 0 bridgehead atoms. The number of benzene rings is 3. The number of aryl methyl sites for hydroxylation is 4. The summed E-state index contributed by atoms with van der Waals surface area (Å²) in [6.45, 7) is 8.12. The van der Waals surface area contributed by atoms with Crippen LogP contribution < -0.4 is 10.2 Å². The molecule has 0 saturated carbocycles. The summed E-state index contributed by atoms with van der Waals surface area (Å²) in [5.74, 6) is -0.354. The van der Waals surface area contributed by atoms with Gasteiger partial charge < -0.3 is 15.1 Å². The van der Waals surface area contributed by atoms with E-state index in [0.29, 0.717) is 10.8 Å². The molecule has 1 N–H and O–H groups in total. The number of thioether (sulfide) groups is 1. The standard InChI is InChI=1S/C33H37N5O2S/c1-22-11-13-26(14-12-22)31(32(40)36-28-15-17-29(18-16-28)37(5)6)38(20-27-10-8-7-9-23(27)2)30(39)21-41-33-34-24(3)19-25(4)35-33/h7-19,31H,20-21H2,1-6H3,(H,36,40). The van der Waals surface area contributed by atoms with Crippen molar-refractivity contribution in [2.45, 2.75) is 45.4 Å². The molecule has 4 aromatic rings. The van der Waals surface area contributed by atoms with E-state index in [9.17, 15) is 9.59 Å². The van der Waals surface area contributed by atoms with Crippen LogP contribution in [-0.2, 0) is 16.1 Å². The van der Waals surface area contributed by atoms with Gasteiger partial charge in [0.05, 0.1) is 5.75 Å². The lowest BCUT2D eigenvalue weighted by Gasteiger charge is -2.32.